The molecule has 1 aromatic carbocycles. The molecule has 0 spiro atoms. The first kappa shape index (κ1) is 21.5. The average molecular weight is 448 g/mol. The van der Waals surface area contributed by atoms with E-state index in [0.717, 1.165) is 29.6 Å². The molecule has 3 atom stereocenters. The summed E-state index contributed by atoms with van der Waals surface area (Å²) in [5, 5.41) is 5.59. The van der Waals surface area contributed by atoms with Crippen molar-refractivity contribution < 1.29 is 13.6 Å². The molecule has 0 saturated heterocycles. The number of amides is 1. The van der Waals surface area contributed by atoms with Crippen LogP contribution in [0.15, 0.2) is 56.4 Å². The molecule has 0 unspecified atom stereocenters. The predicted molar refractivity (Wildman–Crippen MR) is 126 cm³/mol. The minimum absolute atomic E-state index is 0.0311. The van der Waals surface area contributed by atoms with Gasteiger partial charge in [0.05, 0.1) is 24.5 Å². The third-order valence-corrected chi connectivity index (χ3v) is 7.23. The van der Waals surface area contributed by atoms with E-state index in [4.69, 9.17) is 8.83 Å². The third-order valence-electron chi connectivity index (χ3n) is 7.23. The van der Waals surface area contributed by atoms with E-state index in [9.17, 15) is 9.59 Å². The van der Waals surface area contributed by atoms with Crippen LogP contribution in [0.2, 0.25) is 0 Å². The molecular weight excluding hydrogens is 418 g/mol. The van der Waals surface area contributed by atoms with Crippen molar-refractivity contribution in [2.24, 2.45) is 11.8 Å². The van der Waals surface area contributed by atoms with Crippen LogP contribution in [-0.4, -0.2) is 26.6 Å². The smallest absolute Gasteiger partial charge is 0.347 e. The average Bonchev–Trinajstić information content (AvgIpc) is 3.45. The zero-order chi connectivity index (χ0) is 23.1. The summed E-state index contributed by atoms with van der Waals surface area (Å²) in [6.45, 7) is 6.96. The van der Waals surface area contributed by atoms with Crippen LogP contribution in [-0.2, 0) is 17.9 Å². The van der Waals surface area contributed by atoms with Gasteiger partial charge < -0.3 is 13.7 Å². The van der Waals surface area contributed by atoms with Crippen molar-refractivity contribution in [3.8, 4) is 0 Å². The molecule has 7 nitrogen and oxygen atoms in total. The summed E-state index contributed by atoms with van der Waals surface area (Å²) in [6.07, 6.45) is 6.40. The van der Waals surface area contributed by atoms with Crippen molar-refractivity contribution in [2.45, 2.75) is 59.2 Å². The maximum Gasteiger partial charge on any atom is 0.347 e. The summed E-state index contributed by atoms with van der Waals surface area (Å²) in [6, 6.07) is 9.55. The van der Waals surface area contributed by atoms with E-state index in [1.165, 1.54) is 12.6 Å². The molecule has 1 amide bonds. The SMILES string of the molecule is Cc1ccc2oc(=O)c3cnn(CC(=O)N(Cc4ccco4)[C@@H]4CCC[C@H](C)[C@@H]4C)c3c2c1. The van der Waals surface area contributed by atoms with Gasteiger partial charge in [0.1, 0.15) is 23.3 Å². The number of carbonyl (C=O) groups is 1. The molecule has 0 N–H and O–H groups in total. The van der Waals surface area contributed by atoms with Crippen molar-refractivity contribution in [3.63, 3.8) is 0 Å². The van der Waals surface area contributed by atoms with E-state index in [1.54, 1.807) is 17.0 Å². The second kappa shape index (κ2) is 8.54. The summed E-state index contributed by atoms with van der Waals surface area (Å²) < 4.78 is 12.7. The number of nitrogens with zero attached hydrogens (tertiary/aromatic N) is 3. The quantitative estimate of drug-likeness (QED) is 0.407. The number of furan rings is 1. The molecule has 4 aromatic rings. The minimum atomic E-state index is -0.442. The lowest BCUT2D eigenvalue weighted by molar-refractivity contribution is -0.138. The van der Waals surface area contributed by atoms with Crippen LogP contribution in [0.3, 0.4) is 0 Å². The van der Waals surface area contributed by atoms with Crippen LogP contribution in [0.4, 0.5) is 0 Å². The van der Waals surface area contributed by atoms with Gasteiger partial charge in [-0.15, -0.1) is 0 Å². The van der Waals surface area contributed by atoms with Gasteiger partial charge in [-0.3, -0.25) is 9.48 Å². The van der Waals surface area contributed by atoms with E-state index in [-0.39, 0.29) is 18.5 Å². The topological polar surface area (TPSA) is 81.5 Å². The maximum absolute atomic E-state index is 13.7. The second-order valence-electron chi connectivity index (χ2n) is 9.39. The van der Waals surface area contributed by atoms with E-state index in [0.29, 0.717) is 34.9 Å². The maximum atomic E-state index is 13.7. The highest BCUT2D eigenvalue weighted by Gasteiger charge is 2.34. The Labute approximate surface area is 192 Å². The minimum Gasteiger partial charge on any atom is -0.467 e. The first-order valence-corrected chi connectivity index (χ1v) is 11.6. The molecule has 7 heteroatoms. The standard InChI is InChI=1S/C26H29N3O4/c1-16-9-10-23-20(12-16)25-21(26(31)33-23)13-27-29(25)15-24(30)28(14-19-7-5-11-32-19)22-8-4-6-17(2)18(22)3/h5,7,9-13,17-18,22H,4,6,8,14-15H2,1-3H3/t17-,18-,22+/m0/s1. The molecular formula is C26H29N3O4. The summed E-state index contributed by atoms with van der Waals surface area (Å²) in [4.78, 5) is 28.2. The number of aromatic nitrogens is 2. The predicted octanol–water partition coefficient (Wildman–Crippen LogP) is 4.90. The van der Waals surface area contributed by atoms with Gasteiger partial charge in [-0.25, -0.2) is 4.79 Å². The highest BCUT2D eigenvalue weighted by Crippen LogP contribution is 2.34. The Morgan fingerprint density at radius 3 is 2.85 bits per heavy atom. The van der Waals surface area contributed by atoms with Crippen molar-refractivity contribution in [1.29, 1.82) is 0 Å². The van der Waals surface area contributed by atoms with Gasteiger partial charge in [0.2, 0.25) is 5.91 Å². The largest absolute Gasteiger partial charge is 0.467 e. The molecule has 1 fully saturated rings. The first-order valence-electron chi connectivity index (χ1n) is 11.6. The fourth-order valence-corrected chi connectivity index (χ4v) is 5.18. The summed E-state index contributed by atoms with van der Waals surface area (Å²) >= 11 is 0. The number of benzene rings is 1. The van der Waals surface area contributed by atoms with Gasteiger partial charge in [-0.2, -0.15) is 5.10 Å². The molecule has 1 aliphatic carbocycles. The molecule has 0 bridgehead atoms. The van der Waals surface area contributed by atoms with Gasteiger partial charge in [0.25, 0.3) is 0 Å². The first-order chi connectivity index (χ1) is 15.9. The molecule has 3 heterocycles. The summed E-state index contributed by atoms with van der Waals surface area (Å²) in [5.74, 6) is 1.68. The van der Waals surface area contributed by atoms with Crippen molar-refractivity contribution in [1.82, 2.24) is 14.7 Å². The monoisotopic (exact) mass is 447 g/mol. The molecule has 1 aliphatic rings. The summed E-state index contributed by atoms with van der Waals surface area (Å²) in [7, 11) is 0. The van der Waals surface area contributed by atoms with Gasteiger partial charge >= 0.3 is 5.63 Å². The number of hydrogen-bond donors (Lipinski definition) is 0. The van der Waals surface area contributed by atoms with Gasteiger partial charge in [-0.05, 0) is 49.4 Å². The van der Waals surface area contributed by atoms with E-state index in [2.05, 4.69) is 18.9 Å². The van der Waals surface area contributed by atoms with Crippen LogP contribution in [0, 0.1) is 18.8 Å². The van der Waals surface area contributed by atoms with Crippen LogP contribution in [0.25, 0.3) is 21.9 Å². The number of carbonyl (C=O) groups excluding carboxylic acids is 1. The fraction of sp³-hybridized carbons (Fsp3) is 0.423. The molecule has 172 valence electrons. The van der Waals surface area contributed by atoms with Gasteiger partial charge in [-0.1, -0.05) is 38.3 Å². The zero-order valence-corrected chi connectivity index (χ0v) is 19.3. The van der Waals surface area contributed by atoms with Crippen LogP contribution in [0.5, 0.6) is 0 Å². The van der Waals surface area contributed by atoms with Gasteiger partial charge in [0.15, 0.2) is 0 Å². The van der Waals surface area contributed by atoms with Crippen molar-refractivity contribution >= 4 is 27.8 Å². The van der Waals surface area contributed by atoms with E-state index >= 15 is 0 Å². The van der Waals surface area contributed by atoms with Crippen LogP contribution in [0.1, 0.15) is 44.4 Å². The van der Waals surface area contributed by atoms with Crippen molar-refractivity contribution in [2.75, 3.05) is 0 Å². The third kappa shape index (κ3) is 3.96. The Kier molecular flexibility index (Phi) is 5.56. The Hall–Kier alpha value is -3.35. The van der Waals surface area contributed by atoms with Crippen molar-refractivity contribution in [3.05, 3.63) is 64.5 Å². The zero-order valence-electron chi connectivity index (χ0n) is 19.3. The molecule has 5 rings (SSSR count). The number of aryl methyl sites for hydroxylation is 1. The Morgan fingerprint density at radius 1 is 1.21 bits per heavy atom. The summed E-state index contributed by atoms with van der Waals surface area (Å²) in [5.41, 5.74) is 1.74. The Morgan fingerprint density at radius 2 is 2.06 bits per heavy atom. The molecule has 3 aromatic heterocycles. The molecule has 33 heavy (non-hydrogen) atoms. The van der Waals surface area contributed by atoms with Crippen LogP contribution < -0.4 is 5.63 Å². The molecule has 1 saturated carbocycles. The number of fused-ring (bicyclic) bond motifs is 3. The second-order valence-corrected chi connectivity index (χ2v) is 9.39. The van der Waals surface area contributed by atoms with E-state index < -0.39 is 5.63 Å². The molecule has 0 radical (unpaired) electrons. The fourth-order valence-electron chi connectivity index (χ4n) is 5.18. The lowest BCUT2D eigenvalue weighted by atomic mass is 9.77. The number of rotatable bonds is 5. The highest BCUT2D eigenvalue weighted by atomic mass is 16.4. The lowest BCUT2D eigenvalue weighted by Crippen LogP contribution is -2.48. The molecule has 0 aliphatic heterocycles. The highest BCUT2D eigenvalue weighted by molar-refractivity contribution is 6.02. The van der Waals surface area contributed by atoms with Gasteiger partial charge in [0, 0.05) is 11.4 Å². The Bertz CT molecular complexity index is 1350. The normalized spacial score (nSPS) is 21.0. The van der Waals surface area contributed by atoms with E-state index in [1.807, 2.05) is 36.1 Å². The number of hydrogen-bond acceptors (Lipinski definition) is 5. The Balaban J connectivity index is 1.54. The van der Waals surface area contributed by atoms with Crippen LogP contribution >= 0.6 is 0 Å². The lowest BCUT2D eigenvalue weighted by Gasteiger charge is -2.41.